The number of hydrogen-bond donors (Lipinski definition) is 1. The normalized spacial score (nSPS) is 11.4. The number of benzene rings is 3. The van der Waals surface area contributed by atoms with Crippen LogP contribution in [0.3, 0.4) is 0 Å². The van der Waals surface area contributed by atoms with E-state index < -0.39 is 23.9 Å². The van der Waals surface area contributed by atoms with E-state index in [0.29, 0.717) is 5.75 Å². The van der Waals surface area contributed by atoms with E-state index in [4.69, 9.17) is 14.2 Å². The Morgan fingerprint density at radius 3 is 2.07 bits per heavy atom. The van der Waals surface area contributed by atoms with Crippen LogP contribution >= 0.6 is 0 Å². The van der Waals surface area contributed by atoms with Crippen LogP contribution in [0.2, 0.25) is 0 Å². The molecular formula is C23H21NO6. The number of carbonyl (C=O) groups is 3. The van der Waals surface area contributed by atoms with Crippen molar-refractivity contribution in [3.8, 4) is 5.75 Å². The summed E-state index contributed by atoms with van der Waals surface area (Å²) in [6.45, 7) is 1.61. The minimum Gasteiger partial charge on any atom is -0.480 e. The van der Waals surface area contributed by atoms with Gasteiger partial charge in [-0.15, -0.1) is 0 Å². The molecule has 1 N–H and O–H groups in total. The molecular weight excluding hydrogens is 386 g/mol. The zero-order valence-corrected chi connectivity index (χ0v) is 16.8. The third kappa shape index (κ3) is 4.57. The standard InChI is InChI=1S/C23H21NO6/c1-14(30-20-10-6-8-15-7-4-5-9-19(15)20)21(25)24-18-12-16(22(26)28-2)11-17(13-18)23(27)29-3/h4-14H,1-3H3,(H,24,25). The molecule has 0 aromatic heterocycles. The molecule has 7 nitrogen and oxygen atoms in total. The highest BCUT2D eigenvalue weighted by Crippen LogP contribution is 2.26. The zero-order valence-electron chi connectivity index (χ0n) is 16.8. The maximum absolute atomic E-state index is 12.7. The highest BCUT2D eigenvalue weighted by atomic mass is 16.5. The number of hydrogen-bond acceptors (Lipinski definition) is 6. The Bertz CT molecular complexity index is 1070. The molecule has 0 spiro atoms. The molecule has 0 aliphatic carbocycles. The van der Waals surface area contributed by atoms with Gasteiger partial charge in [-0.1, -0.05) is 36.4 Å². The monoisotopic (exact) mass is 407 g/mol. The first-order chi connectivity index (χ1) is 14.4. The Balaban J connectivity index is 1.82. The number of anilines is 1. The van der Waals surface area contributed by atoms with Gasteiger partial charge >= 0.3 is 11.9 Å². The summed E-state index contributed by atoms with van der Waals surface area (Å²) in [5, 5.41) is 4.55. The molecule has 3 aromatic carbocycles. The molecule has 7 heteroatoms. The van der Waals surface area contributed by atoms with Gasteiger partial charge in [0, 0.05) is 11.1 Å². The van der Waals surface area contributed by atoms with Crippen LogP contribution in [0.25, 0.3) is 10.8 Å². The Labute approximate surface area is 173 Å². The first-order valence-corrected chi connectivity index (χ1v) is 9.20. The van der Waals surface area contributed by atoms with Crippen LogP contribution < -0.4 is 10.1 Å². The van der Waals surface area contributed by atoms with E-state index in [1.807, 2.05) is 36.4 Å². The van der Waals surface area contributed by atoms with Crippen molar-refractivity contribution in [3.05, 3.63) is 71.8 Å². The van der Waals surface area contributed by atoms with Gasteiger partial charge in [-0.25, -0.2) is 9.59 Å². The smallest absolute Gasteiger partial charge is 0.337 e. The van der Waals surface area contributed by atoms with Crippen LogP contribution in [0.5, 0.6) is 5.75 Å². The summed E-state index contributed by atoms with van der Waals surface area (Å²) in [4.78, 5) is 36.5. The van der Waals surface area contributed by atoms with Gasteiger partial charge in [0.05, 0.1) is 25.3 Å². The Morgan fingerprint density at radius 1 is 0.833 bits per heavy atom. The van der Waals surface area contributed by atoms with Crippen LogP contribution in [-0.2, 0) is 14.3 Å². The number of rotatable bonds is 6. The van der Waals surface area contributed by atoms with Crippen molar-refractivity contribution in [2.75, 3.05) is 19.5 Å². The minimum absolute atomic E-state index is 0.110. The number of esters is 2. The third-order valence-electron chi connectivity index (χ3n) is 4.47. The van der Waals surface area contributed by atoms with Crippen molar-refractivity contribution in [2.45, 2.75) is 13.0 Å². The molecule has 0 bridgehead atoms. The Morgan fingerprint density at radius 2 is 1.43 bits per heavy atom. The summed E-state index contributed by atoms with van der Waals surface area (Å²) < 4.78 is 15.3. The van der Waals surface area contributed by atoms with Gasteiger partial charge in [-0.3, -0.25) is 4.79 Å². The maximum atomic E-state index is 12.7. The number of methoxy groups -OCH3 is 2. The lowest BCUT2D eigenvalue weighted by Crippen LogP contribution is -2.30. The van der Waals surface area contributed by atoms with E-state index in [1.54, 1.807) is 13.0 Å². The van der Waals surface area contributed by atoms with Crippen LogP contribution in [-0.4, -0.2) is 38.2 Å². The predicted molar refractivity (Wildman–Crippen MR) is 112 cm³/mol. The van der Waals surface area contributed by atoms with Gasteiger partial charge < -0.3 is 19.5 Å². The number of fused-ring (bicyclic) bond motifs is 1. The van der Waals surface area contributed by atoms with E-state index in [0.717, 1.165) is 10.8 Å². The van der Waals surface area contributed by atoms with Crippen molar-refractivity contribution in [1.29, 1.82) is 0 Å². The fourth-order valence-corrected chi connectivity index (χ4v) is 2.96. The SMILES string of the molecule is COC(=O)c1cc(NC(=O)C(C)Oc2cccc3ccccc23)cc(C(=O)OC)c1. The molecule has 0 heterocycles. The van der Waals surface area contributed by atoms with E-state index in [-0.39, 0.29) is 16.8 Å². The second kappa shape index (κ2) is 9.09. The molecule has 0 saturated heterocycles. The van der Waals surface area contributed by atoms with E-state index in [1.165, 1.54) is 32.4 Å². The molecule has 1 atom stereocenters. The van der Waals surface area contributed by atoms with Gasteiger partial charge in [0.25, 0.3) is 5.91 Å². The molecule has 3 aromatic rings. The zero-order chi connectivity index (χ0) is 21.7. The molecule has 30 heavy (non-hydrogen) atoms. The van der Waals surface area contributed by atoms with Crippen molar-refractivity contribution >= 4 is 34.3 Å². The topological polar surface area (TPSA) is 90.9 Å². The largest absolute Gasteiger partial charge is 0.480 e. The van der Waals surface area contributed by atoms with Gasteiger partial charge in [0.1, 0.15) is 5.75 Å². The van der Waals surface area contributed by atoms with Crippen LogP contribution in [0.4, 0.5) is 5.69 Å². The Kier molecular flexibility index (Phi) is 6.32. The number of carbonyl (C=O) groups excluding carboxylic acids is 3. The van der Waals surface area contributed by atoms with Crippen molar-refractivity contribution < 1.29 is 28.6 Å². The molecule has 0 saturated carbocycles. The summed E-state index contributed by atoms with van der Waals surface area (Å²) in [7, 11) is 2.46. The van der Waals surface area contributed by atoms with Crippen molar-refractivity contribution in [2.24, 2.45) is 0 Å². The summed E-state index contributed by atoms with van der Waals surface area (Å²) in [6.07, 6.45) is -0.834. The number of nitrogens with one attached hydrogen (secondary N) is 1. The number of amides is 1. The first kappa shape index (κ1) is 20.9. The summed E-state index contributed by atoms with van der Waals surface area (Å²) in [5.74, 6) is -1.15. The lowest BCUT2D eigenvalue weighted by Gasteiger charge is -2.17. The fraction of sp³-hybridized carbons (Fsp3) is 0.174. The molecule has 3 rings (SSSR count). The van der Waals surface area contributed by atoms with Gasteiger partial charge in [-0.2, -0.15) is 0 Å². The van der Waals surface area contributed by atoms with E-state index >= 15 is 0 Å². The number of ether oxygens (including phenoxy) is 3. The molecule has 0 fully saturated rings. The summed E-state index contributed by atoms with van der Waals surface area (Å²) >= 11 is 0. The van der Waals surface area contributed by atoms with E-state index in [9.17, 15) is 14.4 Å². The highest BCUT2D eigenvalue weighted by Gasteiger charge is 2.19. The van der Waals surface area contributed by atoms with Gasteiger partial charge in [-0.05, 0) is 36.6 Å². The molecule has 1 amide bonds. The first-order valence-electron chi connectivity index (χ1n) is 9.20. The van der Waals surface area contributed by atoms with E-state index in [2.05, 4.69) is 5.32 Å². The molecule has 154 valence electrons. The predicted octanol–water partition coefficient (Wildman–Crippen LogP) is 3.82. The molecule has 0 aliphatic rings. The molecule has 0 radical (unpaired) electrons. The lowest BCUT2D eigenvalue weighted by molar-refractivity contribution is -0.122. The average Bonchev–Trinajstić information content (AvgIpc) is 2.77. The third-order valence-corrected chi connectivity index (χ3v) is 4.47. The summed E-state index contributed by atoms with van der Waals surface area (Å²) in [6, 6.07) is 17.5. The Hall–Kier alpha value is -3.87. The van der Waals surface area contributed by atoms with Gasteiger partial charge in [0.2, 0.25) is 0 Å². The second-order valence-electron chi connectivity index (χ2n) is 6.51. The van der Waals surface area contributed by atoms with Crippen molar-refractivity contribution in [1.82, 2.24) is 0 Å². The average molecular weight is 407 g/mol. The molecule has 1 unspecified atom stereocenters. The van der Waals surface area contributed by atoms with Crippen LogP contribution in [0, 0.1) is 0 Å². The highest BCUT2D eigenvalue weighted by molar-refractivity contribution is 6.00. The van der Waals surface area contributed by atoms with Crippen molar-refractivity contribution in [3.63, 3.8) is 0 Å². The maximum Gasteiger partial charge on any atom is 0.337 e. The quantitative estimate of drug-likeness (QED) is 0.625. The van der Waals surface area contributed by atoms with Crippen LogP contribution in [0.1, 0.15) is 27.6 Å². The fourth-order valence-electron chi connectivity index (χ4n) is 2.96. The van der Waals surface area contributed by atoms with Crippen LogP contribution in [0.15, 0.2) is 60.7 Å². The summed E-state index contributed by atoms with van der Waals surface area (Å²) in [5.41, 5.74) is 0.466. The van der Waals surface area contributed by atoms with Gasteiger partial charge in [0.15, 0.2) is 6.10 Å². The lowest BCUT2D eigenvalue weighted by atomic mass is 10.1. The molecule has 0 aliphatic heterocycles. The second-order valence-corrected chi connectivity index (χ2v) is 6.51. The minimum atomic E-state index is -0.834.